The summed E-state index contributed by atoms with van der Waals surface area (Å²) in [5.41, 5.74) is 5.32. The fraction of sp³-hybridized carbons (Fsp3) is 0.400. The van der Waals surface area contributed by atoms with E-state index in [4.69, 9.17) is 4.74 Å². The fourth-order valence-electron chi connectivity index (χ4n) is 2.41. The lowest BCUT2D eigenvalue weighted by molar-refractivity contribution is -0.132. The summed E-state index contributed by atoms with van der Waals surface area (Å²) in [6, 6.07) is 7.02. The molecule has 1 aromatic rings. The number of para-hydroxylation sites is 2. The quantitative estimate of drug-likeness (QED) is 0.789. The minimum atomic E-state index is -0.447. The van der Waals surface area contributed by atoms with E-state index >= 15 is 0 Å². The van der Waals surface area contributed by atoms with Gasteiger partial charge in [-0.15, -0.1) is 0 Å². The van der Waals surface area contributed by atoms with Crippen LogP contribution in [0.4, 0.5) is 5.69 Å². The van der Waals surface area contributed by atoms with Gasteiger partial charge in [0.25, 0.3) is 11.8 Å². The smallest absolute Gasteiger partial charge is 0.265 e. The molecule has 0 atom stereocenters. The van der Waals surface area contributed by atoms with Gasteiger partial charge in [-0.2, -0.15) is 0 Å². The number of nitrogens with one attached hydrogen (secondary N) is 2. The van der Waals surface area contributed by atoms with E-state index in [1.807, 2.05) is 0 Å². The number of hydrogen-bond acceptors (Lipinski definition) is 4. The van der Waals surface area contributed by atoms with Crippen LogP contribution in [0, 0.1) is 5.92 Å². The number of fused-ring (bicyclic) bond motifs is 1. The van der Waals surface area contributed by atoms with Crippen molar-refractivity contribution in [2.75, 3.05) is 18.1 Å². The number of carbonyl (C=O) groups excluding carboxylic acids is 3. The number of benzene rings is 1. The predicted molar refractivity (Wildman–Crippen MR) is 77.9 cm³/mol. The fourth-order valence-corrected chi connectivity index (χ4v) is 2.41. The average molecular weight is 303 g/mol. The highest BCUT2D eigenvalue weighted by molar-refractivity contribution is 6.02. The highest BCUT2D eigenvalue weighted by atomic mass is 16.5. The van der Waals surface area contributed by atoms with Crippen molar-refractivity contribution in [3.8, 4) is 5.75 Å². The van der Waals surface area contributed by atoms with Crippen molar-refractivity contribution in [1.82, 2.24) is 10.9 Å². The van der Waals surface area contributed by atoms with Gasteiger partial charge >= 0.3 is 0 Å². The lowest BCUT2D eigenvalue weighted by Crippen LogP contribution is -2.51. The first-order valence-electron chi connectivity index (χ1n) is 7.26. The Hall–Kier alpha value is -2.57. The molecule has 2 aliphatic rings. The van der Waals surface area contributed by atoms with E-state index in [-0.39, 0.29) is 30.9 Å². The van der Waals surface area contributed by atoms with E-state index in [9.17, 15) is 14.4 Å². The Morgan fingerprint density at radius 2 is 2.00 bits per heavy atom. The molecule has 1 aromatic carbocycles. The van der Waals surface area contributed by atoms with E-state index < -0.39 is 5.91 Å². The van der Waals surface area contributed by atoms with E-state index in [1.165, 1.54) is 4.90 Å². The topological polar surface area (TPSA) is 87.7 Å². The van der Waals surface area contributed by atoms with E-state index in [2.05, 4.69) is 10.9 Å². The van der Waals surface area contributed by atoms with Crippen molar-refractivity contribution in [3.05, 3.63) is 24.3 Å². The largest absolute Gasteiger partial charge is 0.482 e. The monoisotopic (exact) mass is 303 g/mol. The second kappa shape index (κ2) is 6.05. The first kappa shape index (κ1) is 14.4. The second-order valence-electron chi connectivity index (χ2n) is 5.40. The van der Waals surface area contributed by atoms with Gasteiger partial charge in [0.05, 0.1) is 5.69 Å². The lowest BCUT2D eigenvalue weighted by atomic mass is 9.85. The Bertz CT molecular complexity index is 613. The molecular weight excluding hydrogens is 286 g/mol. The number of nitrogens with zero attached hydrogens (tertiary/aromatic N) is 1. The maximum atomic E-state index is 11.9. The van der Waals surface area contributed by atoms with E-state index in [0.717, 1.165) is 19.3 Å². The molecule has 1 saturated carbocycles. The van der Waals surface area contributed by atoms with Gasteiger partial charge in [0.1, 0.15) is 12.3 Å². The number of hydrogen-bond donors (Lipinski definition) is 2. The summed E-state index contributed by atoms with van der Waals surface area (Å²) >= 11 is 0. The van der Waals surface area contributed by atoms with Crippen LogP contribution < -0.4 is 20.5 Å². The molecule has 3 amide bonds. The molecule has 1 aliphatic heterocycles. The molecule has 116 valence electrons. The van der Waals surface area contributed by atoms with E-state index in [0.29, 0.717) is 11.4 Å². The Morgan fingerprint density at radius 1 is 1.23 bits per heavy atom. The summed E-state index contributed by atoms with van der Waals surface area (Å²) in [5.74, 6) is -0.357. The number of amides is 3. The summed E-state index contributed by atoms with van der Waals surface area (Å²) in [5, 5.41) is 0. The molecule has 7 heteroatoms. The molecule has 0 spiro atoms. The zero-order valence-corrected chi connectivity index (χ0v) is 12.0. The molecule has 0 bridgehead atoms. The van der Waals surface area contributed by atoms with Crippen LogP contribution in [0.3, 0.4) is 0 Å². The summed E-state index contributed by atoms with van der Waals surface area (Å²) in [6.07, 6.45) is 2.76. The third kappa shape index (κ3) is 2.88. The molecule has 1 heterocycles. The van der Waals surface area contributed by atoms with Gasteiger partial charge in [-0.25, -0.2) is 0 Å². The zero-order valence-electron chi connectivity index (χ0n) is 12.0. The highest BCUT2D eigenvalue weighted by Gasteiger charge is 2.28. The van der Waals surface area contributed by atoms with Crippen molar-refractivity contribution in [2.24, 2.45) is 5.92 Å². The molecule has 7 nitrogen and oxygen atoms in total. The minimum absolute atomic E-state index is 0.00829. The zero-order chi connectivity index (χ0) is 15.5. The molecule has 0 unspecified atom stereocenters. The van der Waals surface area contributed by atoms with Crippen molar-refractivity contribution in [3.63, 3.8) is 0 Å². The summed E-state index contributed by atoms with van der Waals surface area (Å²) in [4.78, 5) is 36.9. The van der Waals surface area contributed by atoms with Crippen molar-refractivity contribution in [1.29, 1.82) is 0 Å². The van der Waals surface area contributed by atoms with Crippen LogP contribution in [-0.2, 0) is 14.4 Å². The lowest BCUT2D eigenvalue weighted by Gasteiger charge is -2.29. The molecule has 1 fully saturated rings. The van der Waals surface area contributed by atoms with Gasteiger partial charge in [-0.3, -0.25) is 30.1 Å². The summed E-state index contributed by atoms with van der Waals surface area (Å²) in [7, 11) is 0. The van der Waals surface area contributed by atoms with Crippen molar-refractivity contribution in [2.45, 2.75) is 19.3 Å². The standard InChI is InChI=1S/C15H17N3O4/c19-13(16-17-15(21)10-4-3-5-10)8-18-11-6-1-2-7-12(11)22-9-14(18)20/h1-2,6-7,10H,3-5,8-9H2,(H,16,19)(H,17,21). The Labute approximate surface area is 127 Å². The molecular formula is C15H17N3O4. The highest BCUT2D eigenvalue weighted by Crippen LogP contribution is 2.31. The van der Waals surface area contributed by atoms with Crippen LogP contribution in [0.25, 0.3) is 0 Å². The van der Waals surface area contributed by atoms with Gasteiger partial charge in [0, 0.05) is 5.92 Å². The molecule has 1 aliphatic carbocycles. The first-order valence-corrected chi connectivity index (χ1v) is 7.26. The van der Waals surface area contributed by atoms with Crippen molar-refractivity contribution >= 4 is 23.4 Å². The number of anilines is 1. The minimum Gasteiger partial charge on any atom is -0.482 e. The van der Waals surface area contributed by atoms with Crippen LogP contribution >= 0.6 is 0 Å². The predicted octanol–water partition coefficient (Wildman–Crippen LogP) is 0.359. The normalized spacial score (nSPS) is 17.1. The van der Waals surface area contributed by atoms with Crippen LogP contribution in [0.1, 0.15) is 19.3 Å². The third-order valence-corrected chi connectivity index (χ3v) is 3.91. The number of hydrazine groups is 1. The van der Waals surface area contributed by atoms with Crippen LogP contribution in [0.15, 0.2) is 24.3 Å². The average Bonchev–Trinajstić information content (AvgIpc) is 2.46. The number of carbonyl (C=O) groups is 3. The molecule has 0 aromatic heterocycles. The van der Waals surface area contributed by atoms with Crippen molar-refractivity contribution < 1.29 is 19.1 Å². The van der Waals surface area contributed by atoms with Crippen LogP contribution in [-0.4, -0.2) is 30.9 Å². The molecule has 3 rings (SSSR count). The SMILES string of the molecule is O=C(CN1C(=O)COc2ccccc21)NNC(=O)C1CCC1. The summed E-state index contributed by atoms with van der Waals surface area (Å²) in [6.45, 7) is -0.261. The number of rotatable bonds is 3. The van der Waals surface area contributed by atoms with Gasteiger partial charge in [0.15, 0.2) is 6.61 Å². The van der Waals surface area contributed by atoms with Gasteiger partial charge in [-0.05, 0) is 25.0 Å². The van der Waals surface area contributed by atoms with Crippen LogP contribution in [0.2, 0.25) is 0 Å². The Kier molecular flexibility index (Phi) is 3.95. The molecule has 22 heavy (non-hydrogen) atoms. The molecule has 2 N–H and O–H groups in total. The first-order chi connectivity index (χ1) is 10.6. The number of ether oxygens (including phenoxy) is 1. The Balaban J connectivity index is 1.58. The third-order valence-electron chi connectivity index (χ3n) is 3.91. The second-order valence-corrected chi connectivity index (χ2v) is 5.40. The van der Waals surface area contributed by atoms with Gasteiger partial charge in [0.2, 0.25) is 5.91 Å². The van der Waals surface area contributed by atoms with E-state index in [1.54, 1.807) is 24.3 Å². The van der Waals surface area contributed by atoms with Gasteiger partial charge < -0.3 is 4.74 Å². The van der Waals surface area contributed by atoms with Crippen LogP contribution in [0.5, 0.6) is 5.75 Å². The molecule has 0 radical (unpaired) electrons. The van der Waals surface area contributed by atoms with Gasteiger partial charge in [-0.1, -0.05) is 18.6 Å². The molecule has 0 saturated heterocycles. The summed E-state index contributed by atoms with van der Waals surface area (Å²) < 4.78 is 5.31. The maximum absolute atomic E-state index is 11.9. The Morgan fingerprint density at radius 3 is 2.73 bits per heavy atom. The maximum Gasteiger partial charge on any atom is 0.265 e.